The van der Waals surface area contributed by atoms with E-state index in [1.165, 1.54) is 0 Å². The van der Waals surface area contributed by atoms with Gasteiger partial charge in [-0.3, -0.25) is 0 Å². The first-order valence-corrected chi connectivity index (χ1v) is 7.38. The number of alkyl halides is 6. The summed E-state index contributed by atoms with van der Waals surface area (Å²) < 4.78 is 87.9. The Balaban J connectivity index is 3.67. The van der Waals surface area contributed by atoms with Gasteiger partial charge in [-0.15, -0.1) is 24.8 Å². The van der Waals surface area contributed by atoms with Crippen molar-refractivity contribution in [3.63, 3.8) is 0 Å². The van der Waals surface area contributed by atoms with Crippen LogP contribution in [0.4, 0.5) is 22.0 Å². The highest BCUT2D eigenvalue weighted by Crippen LogP contribution is 2.40. The van der Waals surface area contributed by atoms with Crippen molar-refractivity contribution in [1.82, 2.24) is 4.98 Å². The smallest absolute Gasteiger partial charge is 0.405 e. The number of aromatic nitrogens is 1. The van der Waals surface area contributed by atoms with Gasteiger partial charge in [0.25, 0.3) is 15.5 Å². The predicted molar refractivity (Wildman–Crippen MR) is 58.5 cm³/mol. The molecular weight excluding hydrogens is 356 g/mol. The minimum atomic E-state index is -5.32. The average Bonchev–Trinajstić information content (AvgIpc) is 2.24. The van der Waals surface area contributed by atoms with Crippen LogP contribution >= 0.6 is 22.3 Å². The summed E-state index contributed by atoms with van der Waals surface area (Å²) >= 11 is 5.29. The van der Waals surface area contributed by atoms with E-state index in [0.717, 1.165) is 0 Å². The molecule has 0 fully saturated rings. The van der Waals surface area contributed by atoms with Crippen LogP contribution in [0.2, 0.25) is 0 Å². The molecule has 1 aromatic heterocycles. The predicted octanol–water partition coefficient (Wildman–Crippen LogP) is 3.58. The average molecular weight is 360 g/mol. The van der Waals surface area contributed by atoms with Gasteiger partial charge >= 0.3 is 6.36 Å². The second-order valence-corrected chi connectivity index (χ2v) is 6.00. The van der Waals surface area contributed by atoms with Crippen molar-refractivity contribution in [2.75, 3.05) is 0 Å². The van der Waals surface area contributed by atoms with Crippen LogP contribution in [0.3, 0.4) is 0 Å². The summed E-state index contributed by atoms with van der Waals surface area (Å²) in [6, 6.07) is 0. The van der Waals surface area contributed by atoms with Gasteiger partial charge in [0.1, 0.15) is 5.75 Å². The molecule has 1 heterocycles. The summed E-state index contributed by atoms with van der Waals surface area (Å²) in [5, 5.41) is -1.41. The largest absolute Gasteiger partial charge is 0.573 e. The van der Waals surface area contributed by atoms with Gasteiger partial charge in [-0.05, 0) is 0 Å². The number of nitrogens with zero attached hydrogens (tertiary/aromatic N) is 1. The van der Waals surface area contributed by atoms with E-state index in [9.17, 15) is 30.4 Å². The molecule has 0 aromatic carbocycles. The van der Waals surface area contributed by atoms with Crippen molar-refractivity contribution in [2.45, 2.75) is 23.7 Å². The van der Waals surface area contributed by atoms with Crippen LogP contribution in [-0.2, 0) is 14.9 Å². The Kier molecular flexibility index (Phi) is 5.03. The number of hydrogen-bond acceptors (Lipinski definition) is 4. The molecule has 1 aromatic rings. The third-order valence-electron chi connectivity index (χ3n) is 1.92. The zero-order chi connectivity index (χ0) is 15.7. The van der Waals surface area contributed by atoms with Gasteiger partial charge in [0.05, 0.1) is 11.4 Å². The van der Waals surface area contributed by atoms with Crippen LogP contribution in [0.15, 0.2) is 11.2 Å². The van der Waals surface area contributed by atoms with Crippen LogP contribution in [0.25, 0.3) is 0 Å². The fourth-order valence-corrected chi connectivity index (χ4v) is 2.44. The van der Waals surface area contributed by atoms with E-state index in [-0.39, 0.29) is 0 Å². The number of hydrogen-bond donors (Lipinski definition) is 0. The van der Waals surface area contributed by atoms with E-state index in [0.29, 0.717) is 6.20 Å². The lowest BCUT2D eigenvalue weighted by Gasteiger charge is -2.17. The lowest BCUT2D eigenvalue weighted by atomic mass is 10.2. The second kappa shape index (κ2) is 5.86. The van der Waals surface area contributed by atoms with Crippen molar-refractivity contribution in [1.29, 1.82) is 0 Å². The van der Waals surface area contributed by atoms with Gasteiger partial charge in [0.2, 0.25) is 0 Å². The van der Waals surface area contributed by atoms with Gasteiger partial charge in [-0.1, -0.05) is 0 Å². The first kappa shape index (κ1) is 17.2. The second-order valence-electron chi connectivity index (χ2n) is 3.25. The molecule has 12 heteroatoms. The maximum Gasteiger partial charge on any atom is 0.573 e. The van der Waals surface area contributed by atoms with E-state index < -0.39 is 49.6 Å². The molecule has 0 aliphatic heterocycles. The SMILES string of the molecule is O=S(=O)(Cl)c1ncc(CCl)c(OC(F)(F)F)c1C(F)F. The molecule has 0 atom stereocenters. The van der Waals surface area contributed by atoms with Gasteiger partial charge in [-0.25, -0.2) is 22.2 Å². The molecule has 0 bridgehead atoms. The van der Waals surface area contributed by atoms with Crippen LogP contribution in [0, 0.1) is 0 Å². The van der Waals surface area contributed by atoms with E-state index in [4.69, 9.17) is 22.3 Å². The minimum absolute atomic E-state index is 0.552. The first-order valence-electron chi connectivity index (χ1n) is 4.53. The Bertz CT molecular complexity index is 605. The molecule has 0 spiro atoms. The third kappa shape index (κ3) is 4.06. The van der Waals surface area contributed by atoms with Gasteiger partial charge in [0.15, 0.2) is 5.03 Å². The monoisotopic (exact) mass is 359 g/mol. The summed E-state index contributed by atoms with van der Waals surface area (Å²) in [4.78, 5) is 3.10. The Morgan fingerprint density at radius 2 is 1.90 bits per heavy atom. The molecule has 0 saturated heterocycles. The highest BCUT2D eigenvalue weighted by Gasteiger charge is 2.37. The molecule has 114 valence electrons. The maximum atomic E-state index is 12.9. The zero-order valence-corrected chi connectivity index (χ0v) is 11.4. The van der Waals surface area contributed by atoms with E-state index in [2.05, 4.69) is 9.72 Å². The number of rotatable bonds is 4. The number of halogens is 7. The van der Waals surface area contributed by atoms with Crippen molar-refractivity contribution in [3.8, 4) is 5.75 Å². The quantitative estimate of drug-likeness (QED) is 0.468. The van der Waals surface area contributed by atoms with Crippen LogP contribution in [0.5, 0.6) is 5.75 Å². The van der Waals surface area contributed by atoms with Crippen molar-refractivity contribution >= 4 is 31.3 Å². The Labute approximate surface area is 118 Å². The van der Waals surface area contributed by atoms with Gasteiger partial charge in [-0.2, -0.15) is 0 Å². The number of pyridine rings is 1. The zero-order valence-electron chi connectivity index (χ0n) is 9.09. The van der Waals surface area contributed by atoms with Crippen molar-refractivity contribution in [3.05, 3.63) is 17.3 Å². The summed E-state index contributed by atoms with van der Waals surface area (Å²) in [5.41, 5.74) is -2.14. The molecule has 4 nitrogen and oxygen atoms in total. The van der Waals surface area contributed by atoms with Gasteiger partial charge < -0.3 is 4.74 Å². The molecule has 0 N–H and O–H groups in total. The fourth-order valence-electron chi connectivity index (χ4n) is 1.25. The standard InChI is InChI=1S/C8H4Cl2F5NO3S/c9-1-3-2-16-7(20(10,17)18)4(6(11)12)5(3)19-8(13,14)15/h2,6H,1H2. The highest BCUT2D eigenvalue weighted by molar-refractivity contribution is 8.13. The molecule has 0 amide bonds. The summed E-state index contributed by atoms with van der Waals surface area (Å²) in [7, 11) is 0.0622. The lowest BCUT2D eigenvalue weighted by Crippen LogP contribution is -2.20. The minimum Gasteiger partial charge on any atom is -0.405 e. The Morgan fingerprint density at radius 3 is 2.25 bits per heavy atom. The topological polar surface area (TPSA) is 56.3 Å². The molecule has 20 heavy (non-hydrogen) atoms. The molecule has 0 radical (unpaired) electrons. The molecule has 1 rings (SSSR count). The first-order chi connectivity index (χ1) is 8.97. The lowest BCUT2D eigenvalue weighted by molar-refractivity contribution is -0.275. The van der Waals surface area contributed by atoms with E-state index >= 15 is 0 Å². The normalized spacial score (nSPS) is 12.8. The summed E-state index contributed by atoms with van der Waals surface area (Å²) in [6.45, 7) is 0. The molecule has 0 aliphatic carbocycles. The van der Waals surface area contributed by atoms with E-state index in [1.807, 2.05) is 0 Å². The molecule has 0 saturated carbocycles. The molecule has 0 unspecified atom stereocenters. The van der Waals surface area contributed by atoms with Crippen molar-refractivity contribution < 1.29 is 35.1 Å². The van der Waals surface area contributed by atoms with Crippen LogP contribution < -0.4 is 4.74 Å². The molecular formula is C8H4Cl2F5NO3S. The molecule has 0 aliphatic rings. The summed E-state index contributed by atoms with van der Waals surface area (Å²) in [5.74, 6) is -2.07. The van der Waals surface area contributed by atoms with Crippen LogP contribution in [0.1, 0.15) is 17.6 Å². The maximum absolute atomic E-state index is 12.9. The van der Waals surface area contributed by atoms with Crippen LogP contribution in [-0.4, -0.2) is 19.8 Å². The Hall–Kier alpha value is -0.870. The highest BCUT2D eigenvalue weighted by atomic mass is 35.7. The summed E-state index contributed by atoms with van der Waals surface area (Å²) in [6.07, 6.45) is -8.37. The fraction of sp³-hybridized carbons (Fsp3) is 0.375. The van der Waals surface area contributed by atoms with E-state index in [1.54, 1.807) is 0 Å². The number of ether oxygens (including phenoxy) is 1. The van der Waals surface area contributed by atoms with Gasteiger partial charge in [0, 0.05) is 22.4 Å². The van der Waals surface area contributed by atoms with Crippen molar-refractivity contribution in [2.24, 2.45) is 0 Å². The third-order valence-corrected chi connectivity index (χ3v) is 3.43. The Morgan fingerprint density at radius 1 is 1.35 bits per heavy atom.